The van der Waals surface area contributed by atoms with Crippen molar-refractivity contribution < 1.29 is 14.3 Å². The number of nitrogens with zero attached hydrogens (tertiary/aromatic N) is 1. The van der Waals surface area contributed by atoms with Gasteiger partial charge < -0.3 is 14.8 Å². The Hall–Kier alpha value is -1.98. The lowest BCUT2D eigenvalue weighted by Gasteiger charge is -2.09. The van der Waals surface area contributed by atoms with E-state index in [9.17, 15) is 4.79 Å². The van der Waals surface area contributed by atoms with Crippen molar-refractivity contribution in [3.8, 4) is 11.5 Å². The van der Waals surface area contributed by atoms with Gasteiger partial charge >= 0.3 is 0 Å². The van der Waals surface area contributed by atoms with E-state index in [2.05, 4.69) is 10.3 Å². The highest BCUT2D eigenvalue weighted by molar-refractivity contribution is 6.36. The van der Waals surface area contributed by atoms with Crippen LogP contribution >= 0.6 is 23.2 Å². The van der Waals surface area contributed by atoms with E-state index in [0.717, 1.165) is 0 Å². The molecule has 2 heterocycles. The van der Waals surface area contributed by atoms with Crippen molar-refractivity contribution in [3.63, 3.8) is 0 Å². The van der Waals surface area contributed by atoms with Crippen molar-refractivity contribution in [1.82, 2.24) is 4.98 Å². The molecule has 0 radical (unpaired) electrons. The van der Waals surface area contributed by atoms with Gasteiger partial charge in [-0.3, -0.25) is 9.78 Å². The highest BCUT2D eigenvalue weighted by atomic mass is 35.5. The smallest absolute Gasteiger partial charge is 0.257 e. The molecule has 0 unspecified atom stereocenters. The molecule has 0 bridgehead atoms. The number of nitrogens with one attached hydrogen (secondary N) is 1. The SMILES string of the molecule is O=C(Nc1cc2c(cc1Cl)OCO2)c1ccncc1Cl. The molecule has 1 aromatic heterocycles. The summed E-state index contributed by atoms with van der Waals surface area (Å²) in [6.45, 7) is 0.138. The minimum absolute atomic E-state index is 0.138. The van der Waals surface area contributed by atoms with Crippen LogP contribution in [0.1, 0.15) is 10.4 Å². The molecule has 20 heavy (non-hydrogen) atoms. The van der Waals surface area contributed by atoms with E-state index in [4.69, 9.17) is 32.7 Å². The molecule has 1 amide bonds. The molecule has 0 spiro atoms. The number of hydrogen-bond acceptors (Lipinski definition) is 4. The van der Waals surface area contributed by atoms with Crippen LogP contribution in [0.3, 0.4) is 0 Å². The molecule has 0 aliphatic carbocycles. The van der Waals surface area contributed by atoms with Crippen molar-refractivity contribution in [2.24, 2.45) is 0 Å². The number of halogens is 2. The van der Waals surface area contributed by atoms with Gasteiger partial charge in [0.05, 0.1) is 21.3 Å². The van der Waals surface area contributed by atoms with Gasteiger partial charge in [-0.1, -0.05) is 23.2 Å². The average molecular weight is 311 g/mol. The van der Waals surface area contributed by atoms with Crippen molar-refractivity contribution in [3.05, 3.63) is 46.2 Å². The van der Waals surface area contributed by atoms with Gasteiger partial charge in [0.15, 0.2) is 11.5 Å². The maximum atomic E-state index is 12.1. The van der Waals surface area contributed by atoms with E-state index in [0.29, 0.717) is 27.8 Å². The van der Waals surface area contributed by atoms with Gasteiger partial charge in [0, 0.05) is 24.5 Å². The predicted molar refractivity (Wildman–Crippen MR) is 74.8 cm³/mol. The Labute approximate surface area is 124 Å². The summed E-state index contributed by atoms with van der Waals surface area (Å²) < 4.78 is 10.4. The fraction of sp³-hybridized carbons (Fsp3) is 0.0769. The number of benzene rings is 1. The minimum Gasteiger partial charge on any atom is -0.454 e. The molecular formula is C13H8Cl2N2O3. The van der Waals surface area contributed by atoms with Crippen molar-refractivity contribution in [2.75, 3.05) is 12.1 Å². The Kier molecular flexibility index (Phi) is 3.38. The van der Waals surface area contributed by atoms with Crippen LogP contribution in [0.15, 0.2) is 30.6 Å². The Morgan fingerprint density at radius 3 is 2.70 bits per heavy atom. The zero-order chi connectivity index (χ0) is 14.1. The first kappa shape index (κ1) is 13.0. The van der Waals surface area contributed by atoms with Gasteiger partial charge in [-0.25, -0.2) is 0 Å². The number of carbonyl (C=O) groups excluding carboxylic acids is 1. The highest BCUT2D eigenvalue weighted by Crippen LogP contribution is 2.39. The van der Waals surface area contributed by atoms with Crippen LogP contribution < -0.4 is 14.8 Å². The number of rotatable bonds is 2. The van der Waals surface area contributed by atoms with Gasteiger partial charge in [-0.2, -0.15) is 0 Å². The first-order chi connectivity index (χ1) is 9.65. The fourth-order valence-corrected chi connectivity index (χ4v) is 2.17. The quantitative estimate of drug-likeness (QED) is 0.924. The number of amides is 1. The number of hydrogen-bond donors (Lipinski definition) is 1. The molecule has 0 saturated heterocycles. The summed E-state index contributed by atoms with van der Waals surface area (Å²) in [5.74, 6) is 0.707. The van der Waals surface area contributed by atoms with Gasteiger partial charge in [0.1, 0.15) is 0 Å². The summed E-state index contributed by atoms with van der Waals surface area (Å²) in [4.78, 5) is 16.0. The number of aromatic nitrogens is 1. The third-order valence-corrected chi connectivity index (χ3v) is 3.34. The van der Waals surface area contributed by atoms with Gasteiger partial charge in [-0.05, 0) is 6.07 Å². The van der Waals surface area contributed by atoms with Crippen LogP contribution in [-0.4, -0.2) is 17.7 Å². The van der Waals surface area contributed by atoms with Crippen LogP contribution in [-0.2, 0) is 0 Å². The van der Waals surface area contributed by atoms with E-state index < -0.39 is 0 Å². The third kappa shape index (κ3) is 2.37. The van der Waals surface area contributed by atoms with Crippen molar-refractivity contribution >= 4 is 34.8 Å². The standard InChI is InChI=1S/C13H8Cl2N2O3/c14-8-3-11-12(20-6-19-11)4-10(8)17-13(18)7-1-2-16-5-9(7)15/h1-5H,6H2,(H,17,18). The van der Waals surface area contributed by atoms with E-state index in [1.807, 2.05) is 0 Å². The molecule has 7 heteroatoms. The summed E-state index contributed by atoms with van der Waals surface area (Å²) in [5.41, 5.74) is 0.740. The van der Waals surface area contributed by atoms with E-state index in [1.165, 1.54) is 18.5 Å². The Bertz CT molecular complexity index is 691. The van der Waals surface area contributed by atoms with E-state index in [-0.39, 0.29) is 17.7 Å². The zero-order valence-electron chi connectivity index (χ0n) is 10.0. The zero-order valence-corrected chi connectivity index (χ0v) is 11.5. The molecule has 3 rings (SSSR count). The Balaban J connectivity index is 1.88. The molecule has 1 aliphatic rings. The van der Waals surface area contributed by atoms with Crippen LogP contribution in [0.5, 0.6) is 11.5 Å². The average Bonchev–Trinajstić information content (AvgIpc) is 2.86. The number of carbonyl (C=O) groups is 1. The Morgan fingerprint density at radius 1 is 1.20 bits per heavy atom. The number of fused-ring (bicyclic) bond motifs is 1. The first-order valence-corrected chi connectivity index (χ1v) is 6.41. The number of anilines is 1. The summed E-state index contributed by atoms with van der Waals surface area (Å²) >= 11 is 12.0. The molecule has 1 aromatic carbocycles. The lowest BCUT2D eigenvalue weighted by atomic mass is 10.2. The monoisotopic (exact) mass is 310 g/mol. The van der Waals surface area contributed by atoms with Gasteiger partial charge in [0.25, 0.3) is 5.91 Å². The van der Waals surface area contributed by atoms with Crippen molar-refractivity contribution in [1.29, 1.82) is 0 Å². The highest BCUT2D eigenvalue weighted by Gasteiger charge is 2.18. The van der Waals surface area contributed by atoms with Crippen LogP contribution in [0, 0.1) is 0 Å². The molecule has 2 aromatic rings. The normalized spacial score (nSPS) is 12.3. The third-order valence-electron chi connectivity index (χ3n) is 2.73. The molecule has 1 aliphatic heterocycles. The predicted octanol–water partition coefficient (Wildman–Crippen LogP) is 3.37. The Morgan fingerprint density at radius 2 is 1.95 bits per heavy atom. The maximum Gasteiger partial charge on any atom is 0.257 e. The summed E-state index contributed by atoms with van der Waals surface area (Å²) in [7, 11) is 0. The molecule has 102 valence electrons. The van der Waals surface area contributed by atoms with Crippen LogP contribution in [0.2, 0.25) is 10.0 Å². The number of pyridine rings is 1. The molecular weight excluding hydrogens is 303 g/mol. The first-order valence-electron chi connectivity index (χ1n) is 5.65. The molecule has 0 atom stereocenters. The summed E-state index contributed by atoms with van der Waals surface area (Å²) in [5, 5.41) is 3.30. The number of ether oxygens (including phenoxy) is 2. The maximum absolute atomic E-state index is 12.1. The molecule has 5 nitrogen and oxygen atoms in total. The van der Waals surface area contributed by atoms with E-state index >= 15 is 0 Å². The summed E-state index contributed by atoms with van der Waals surface area (Å²) in [6, 6.07) is 4.73. The minimum atomic E-state index is -0.377. The largest absolute Gasteiger partial charge is 0.454 e. The van der Waals surface area contributed by atoms with Crippen LogP contribution in [0.4, 0.5) is 5.69 Å². The second-order valence-corrected chi connectivity index (χ2v) is 4.81. The lowest BCUT2D eigenvalue weighted by Crippen LogP contribution is -2.12. The fourth-order valence-electron chi connectivity index (χ4n) is 1.76. The topological polar surface area (TPSA) is 60.5 Å². The van der Waals surface area contributed by atoms with E-state index in [1.54, 1.807) is 12.1 Å². The molecule has 1 N–H and O–H groups in total. The second-order valence-electron chi connectivity index (χ2n) is 3.99. The molecule has 0 saturated carbocycles. The van der Waals surface area contributed by atoms with Crippen molar-refractivity contribution in [2.45, 2.75) is 0 Å². The van der Waals surface area contributed by atoms with Gasteiger partial charge in [-0.15, -0.1) is 0 Å². The lowest BCUT2D eigenvalue weighted by molar-refractivity contribution is 0.102. The van der Waals surface area contributed by atoms with Crippen LogP contribution in [0.25, 0.3) is 0 Å². The summed E-state index contributed by atoms with van der Waals surface area (Å²) in [6.07, 6.45) is 2.89. The van der Waals surface area contributed by atoms with Gasteiger partial charge in [0.2, 0.25) is 6.79 Å². The molecule has 0 fully saturated rings. The second kappa shape index (κ2) is 5.19.